The van der Waals surface area contributed by atoms with Crippen LogP contribution in [0.3, 0.4) is 0 Å². The van der Waals surface area contributed by atoms with Gasteiger partial charge < -0.3 is 14.9 Å². The maximum atomic E-state index is 12.2. The van der Waals surface area contributed by atoms with Crippen molar-refractivity contribution in [3.63, 3.8) is 0 Å². The molecule has 0 aromatic heterocycles. The number of halogens is 1. The van der Waals surface area contributed by atoms with E-state index in [1.165, 1.54) is 6.07 Å². The van der Waals surface area contributed by atoms with Crippen molar-refractivity contribution in [2.45, 2.75) is 27.7 Å². The number of hydrogen-bond acceptors (Lipinski definition) is 2. The predicted octanol–water partition coefficient (Wildman–Crippen LogP) is 3.17. The quantitative estimate of drug-likeness (QED) is 0.626. The molecular weight excluding hydrogens is 276 g/mol. The van der Waals surface area contributed by atoms with Crippen molar-refractivity contribution in [1.29, 1.82) is 0 Å². The molecule has 0 radical (unpaired) electrons. The first-order valence-electron chi connectivity index (χ1n) is 7.01. The summed E-state index contributed by atoms with van der Waals surface area (Å²) in [6, 6.07) is 3.02. The van der Waals surface area contributed by atoms with Gasteiger partial charge in [0.05, 0.1) is 30.3 Å². The minimum Gasteiger partial charge on any atom is -0.508 e. The average molecular weight is 300 g/mol. The lowest BCUT2D eigenvalue weighted by atomic mass is 10.2. The zero-order valence-electron chi connectivity index (χ0n) is 12.7. The summed E-state index contributed by atoms with van der Waals surface area (Å²) in [6.07, 6.45) is 0. The van der Waals surface area contributed by atoms with Gasteiger partial charge in [-0.05, 0) is 39.3 Å². The lowest BCUT2D eigenvalue weighted by Crippen LogP contribution is -2.51. The van der Waals surface area contributed by atoms with Crippen LogP contribution in [0, 0.1) is 6.92 Å². The third-order valence-electron chi connectivity index (χ3n) is 4.03. The van der Waals surface area contributed by atoms with Crippen LogP contribution in [-0.4, -0.2) is 41.7 Å². The van der Waals surface area contributed by atoms with Gasteiger partial charge in [0, 0.05) is 6.07 Å². The van der Waals surface area contributed by atoms with Gasteiger partial charge in [0.25, 0.3) is 5.91 Å². The van der Waals surface area contributed by atoms with Crippen LogP contribution in [0.1, 0.15) is 26.3 Å². The average Bonchev–Trinajstić information content (AvgIpc) is 2.40. The number of benzene rings is 1. The second-order valence-electron chi connectivity index (χ2n) is 5.12. The van der Waals surface area contributed by atoms with E-state index in [0.717, 1.165) is 29.7 Å². The number of nitrogens with one attached hydrogen (secondary N) is 1. The van der Waals surface area contributed by atoms with E-state index >= 15 is 0 Å². The van der Waals surface area contributed by atoms with Crippen molar-refractivity contribution in [3.8, 4) is 5.75 Å². The molecule has 20 heavy (non-hydrogen) atoms. The zero-order chi connectivity index (χ0) is 15.3. The lowest BCUT2D eigenvalue weighted by Gasteiger charge is -2.35. The van der Waals surface area contributed by atoms with Gasteiger partial charge in [-0.15, -0.1) is 0 Å². The smallest absolute Gasteiger partial charge is 0.279 e. The molecule has 0 spiro atoms. The minimum atomic E-state index is -0.0498. The predicted molar refractivity (Wildman–Crippen MR) is 83.2 cm³/mol. The molecule has 0 bridgehead atoms. The van der Waals surface area contributed by atoms with Gasteiger partial charge in [-0.3, -0.25) is 4.79 Å². The molecule has 0 heterocycles. The Bertz CT molecular complexity index is 453. The van der Waals surface area contributed by atoms with Gasteiger partial charge in [-0.25, -0.2) is 0 Å². The maximum absolute atomic E-state index is 12.2. The van der Waals surface area contributed by atoms with Crippen LogP contribution < -0.4 is 5.32 Å². The number of nitrogens with zero attached hydrogens (tertiary/aromatic N) is 1. The minimum absolute atomic E-state index is 0.0498. The monoisotopic (exact) mass is 299 g/mol. The first-order chi connectivity index (χ1) is 9.37. The summed E-state index contributed by atoms with van der Waals surface area (Å²) in [5, 5.41) is 12.7. The van der Waals surface area contributed by atoms with Crippen molar-refractivity contribution < 1.29 is 14.4 Å². The molecule has 0 saturated heterocycles. The van der Waals surface area contributed by atoms with Crippen LogP contribution in [0.15, 0.2) is 12.1 Å². The van der Waals surface area contributed by atoms with Crippen LogP contribution >= 0.6 is 11.6 Å². The van der Waals surface area contributed by atoms with E-state index in [0.29, 0.717) is 17.3 Å². The molecule has 0 aliphatic carbocycles. The maximum Gasteiger partial charge on any atom is 0.279 e. The number of aryl methyl sites for hydroxylation is 1. The van der Waals surface area contributed by atoms with Crippen LogP contribution in [0.25, 0.3) is 0 Å². The molecular formula is C15H24ClN2O2+. The molecule has 1 amide bonds. The van der Waals surface area contributed by atoms with Gasteiger partial charge >= 0.3 is 0 Å². The number of amides is 1. The second kappa shape index (κ2) is 6.95. The van der Waals surface area contributed by atoms with Gasteiger partial charge in [0.15, 0.2) is 6.54 Å². The lowest BCUT2D eigenvalue weighted by molar-refractivity contribution is -0.915. The summed E-state index contributed by atoms with van der Waals surface area (Å²) in [5.74, 6) is 0.0533. The Morgan fingerprint density at radius 2 is 1.80 bits per heavy atom. The zero-order valence-corrected chi connectivity index (χ0v) is 13.4. The number of rotatable bonds is 6. The number of quaternary nitrogens is 1. The van der Waals surface area contributed by atoms with Crippen molar-refractivity contribution in [2.24, 2.45) is 0 Å². The fourth-order valence-electron chi connectivity index (χ4n) is 2.37. The van der Waals surface area contributed by atoms with Crippen LogP contribution in [0.4, 0.5) is 5.69 Å². The fraction of sp³-hybridized carbons (Fsp3) is 0.533. The molecule has 0 saturated carbocycles. The van der Waals surface area contributed by atoms with E-state index < -0.39 is 0 Å². The molecule has 2 N–H and O–H groups in total. The van der Waals surface area contributed by atoms with Crippen molar-refractivity contribution in [3.05, 3.63) is 22.7 Å². The Hall–Kier alpha value is -1.26. The summed E-state index contributed by atoms with van der Waals surface area (Å²) >= 11 is 6.07. The Labute approximate surface area is 125 Å². The van der Waals surface area contributed by atoms with Gasteiger partial charge in [0.2, 0.25) is 0 Å². The Morgan fingerprint density at radius 1 is 1.25 bits per heavy atom. The van der Waals surface area contributed by atoms with E-state index in [1.54, 1.807) is 6.07 Å². The van der Waals surface area contributed by atoms with Gasteiger partial charge in [-0.1, -0.05) is 11.6 Å². The summed E-state index contributed by atoms with van der Waals surface area (Å²) in [5.41, 5.74) is 1.34. The Balaban J connectivity index is 2.87. The molecule has 5 heteroatoms. The molecule has 1 aromatic carbocycles. The van der Waals surface area contributed by atoms with Crippen LogP contribution in [0.5, 0.6) is 5.75 Å². The fourth-order valence-corrected chi connectivity index (χ4v) is 2.68. The van der Waals surface area contributed by atoms with E-state index in [-0.39, 0.29) is 11.7 Å². The van der Waals surface area contributed by atoms with Crippen LogP contribution in [-0.2, 0) is 4.79 Å². The van der Waals surface area contributed by atoms with E-state index in [1.807, 2.05) is 6.92 Å². The van der Waals surface area contributed by atoms with Crippen LogP contribution in [0.2, 0.25) is 5.02 Å². The molecule has 0 unspecified atom stereocenters. The number of hydrogen-bond donors (Lipinski definition) is 2. The molecule has 0 aliphatic rings. The number of phenols is 1. The summed E-state index contributed by atoms with van der Waals surface area (Å²) in [6.45, 7) is 11.3. The Kier molecular flexibility index (Phi) is 5.84. The largest absolute Gasteiger partial charge is 0.508 e. The first-order valence-corrected chi connectivity index (χ1v) is 7.39. The Morgan fingerprint density at radius 3 is 2.25 bits per heavy atom. The number of likely N-dealkylation sites (N-methyl/N-ethyl adjacent to an activating group) is 1. The number of carbonyl (C=O) groups excluding carboxylic acids is 1. The van der Waals surface area contributed by atoms with Crippen molar-refractivity contribution >= 4 is 23.2 Å². The second-order valence-corrected chi connectivity index (χ2v) is 5.52. The molecule has 0 fully saturated rings. The summed E-state index contributed by atoms with van der Waals surface area (Å²) < 4.78 is 0.751. The SMILES string of the molecule is CC[N+](CC)(CC)CC(=O)Nc1c(C)cc(O)cc1Cl. The van der Waals surface area contributed by atoms with Gasteiger partial charge in [0.1, 0.15) is 5.75 Å². The number of phenolic OH excluding ortho intramolecular Hbond substituents is 1. The number of carbonyl (C=O) groups is 1. The summed E-state index contributed by atoms with van der Waals surface area (Å²) in [7, 11) is 0. The molecule has 1 rings (SSSR count). The highest BCUT2D eigenvalue weighted by molar-refractivity contribution is 6.34. The summed E-state index contributed by atoms with van der Waals surface area (Å²) in [4.78, 5) is 12.2. The van der Waals surface area contributed by atoms with Gasteiger partial charge in [-0.2, -0.15) is 0 Å². The molecule has 4 nitrogen and oxygen atoms in total. The normalized spacial score (nSPS) is 11.4. The van der Waals surface area contributed by atoms with E-state index in [9.17, 15) is 9.90 Å². The van der Waals surface area contributed by atoms with E-state index in [4.69, 9.17) is 11.6 Å². The van der Waals surface area contributed by atoms with Crippen molar-refractivity contribution in [2.75, 3.05) is 31.5 Å². The van der Waals surface area contributed by atoms with E-state index in [2.05, 4.69) is 26.1 Å². The highest BCUT2D eigenvalue weighted by atomic mass is 35.5. The topological polar surface area (TPSA) is 49.3 Å². The highest BCUT2D eigenvalue weighted by Crippen LogP contribution is 2.30. The third kappa shape index (κ3) is 3.87. The molecule has 0 atom stereocenters. The number of anilines is 1. The molecule has 0 aliphatic heterocycles. The highest BCUT2D eigenvalue weighted by Gasteiger charge is 2.25. The number of aromatic hydroxyl groups is 1. The molecule has 1 aromatic rings. The molecule has 112 valence electrons. The standard InChI is InChI=1S/C15H23ClN2O2/c1-5-18(6-2,7-3)10-14(20)17-15-11(4)8-12(19)9-13(15)16/h8-9H,5-7,10H2,1-4H3,(H-,17,19,20)/p+1. The third-order valence-corrected chi connectivity index (χ3v) is 4.33. The van der Waals surface area contributed by atoms with Crippen molar-refractivity contribution in [1.82, 2.24) is 0 Å². The first kappa shape index (κ1) is 16.8.